The highest BCUT2D eigenvalue weighted by molar-refractivity contribution is 5.92. The molecule has 106 valence electrons. The smallest absolute Gasteiger partial charge is 0.335 e. The second-order valence-electron chi connectivity index (χ2n) is 4.71. The van der Waals surface area contributed by atoms with Crippen molar-refractivity contribution in [3.8, 4) is 17.2 Å². The Bertz CT molecular complexity index is 835. The lowest BCUT2D eigenvalue weighted by atomic mass is 10.1. The number of carboxylic acid groups (broad SMARTS) is 1. The molecule has 3 aromatic rings. The average Bonchev–Trinajstić information content (AvgIpc) is 2.89. The summed E-state index contributed by atoms with van der Waals surface area (Å²) >= 11 is 0. The molecule has 0 saturated heterocycles. The number of ether oxygens (including phenoxy) is 1. The molecular weight excluding hydrogens is 270 g/mol. The largest absolute Gasteiger partial charge is 0.496 e. The maximum absolute atomic E-state index is 11.0. The fraction of sp³-hybridized carbons (Fsp3) is 0.125. The number of aromatic carboxylic acids is 1. The molecule has 0 fully saturated rings. The number of benzene rings is 2. The normalized spacial score (nSPS) is 10.8. The van der Waals surface area contributed by atoms with Gasteiger partial charge < -0.3 is 14.3 Å². The Hall–Kier alpha value is -2.82. The van der Waals surface area contributed by atoms with Gasteiger partial charge in [0.25, 0.3) is 0 Å². The molecule has 2 aromatic carbocycles. The van der Waals surface area contributed by atoms with Crippen molar-refractivity contribution in [1.82, 2.24) is 4.98 Å². The summed E-state index contributed by atoms with van der Waals surface area (Å²) in [7, 11) is 1.58. The first kappa shape index (κ1) is 13.2. The summed E-state index contributed by atoms with van der Waals surface area (Å²) in [6.45, 7) is 1.97. The zero-order valence-electron chi connectivity index (χ0n) is 11.6. The number of carbonyl (C=O) groups is 1. The van der Waals surface area contributed by atoms with Crippen LogP contribution >= 0.6 is 0 Å². The topological polar surface area (TPSA) is 72.6 Å². The van der Waals surface area contributed by atoms with Gasteiger partial charge >= 0.3 is 5.97 Å². The maximum Gasteiger partial charge on any atom is 0.335 e. The second kappa shape index (κ2) is 4.94. The van der Waals surface area contributed by atoms with Gasteiger partial charge in [0, 0.05) is 0 Å². The van der Waals surface area contributed by atoms with Crippen molar-refractivity contribution in [3.05, 3.63) is 47.5 Å². The third-order valence-electron chi connectivity index (χ3n) is 3.22. The van der Waals surface area contributed by atoms with Crippen LogP contribution in [0.5, 0.6) is 5.75 Å². The Morgan fingerprint density at radius 2 is 2.05 bits per heavy atom. The Morgan fingerprint density at radius 1 is 1.24 bits per heavy atom. The summed E-state index contributed by atoms with van der Waals surface area (Å²) in [6.07, 6.45) is 0. The fourth-order valence-electron chi connectivity index (χ4n) is 2.16. The molecule has 0 amide bonds. The van der Waals surface area contributed by atoms with Crippen LogP contribution in [-0.4, -0.2) is 23.2 Å². The summed E-state index contributed by atoms with van der Waals surface area (Å²) in [5.41, 5.74) is 3.01. The highest BCUT2D eigenvalue weighted by Crippen LogP contribution is 2.32. The second-order valence-corrected chi connectivity index (χ2v) is 4.71. The van der Waals surface area contributed by atoms with Crippen molar-refractivity contribution < 1.29 is 19.1 Å². The van der Waals surface area contributed by atoms with Gasteiger partial charge in [-0.3, -0.25) is 0 Å². The van der Waals surface area contributed by atoms with Gasteiger partial charge in [-0.15, -0.1) is 0 Å². The lowest BCUT2D eigenvalue weighted by molar-refractivity contribution is 0.0697. The number of rotatable bonds is 3. The van der Waals surface area contributed by atoms with Gasteiger partial charge in [-0.1, -0.05) is 11.6 Å². The molecule has 5 nitrogen and oxygen atoms in total. The zero-order chi connectivity index (χ0) is 15.0. The summed E-state index contributed by atoms with van der Waals surface area (Å²) in [5, 5.41) is 9.00. The first-order valence-corrected chi connectivity index (χ1v) is 6.37. The lowest BCUT2D eigenvalue weighted by Gasteiger charge is -2.05. The van der Waals surface area contributed by atoms with E-state index in [1.165, 1.54) is 12.1 Å². The van der Waals surface area contributed by atoms with Crippen molar-refractivity contribution in [1.29, 1.82) is 0 Å². The van der Waals surface area contributed by atoms with Crippen LogP contribution in [0.4, 0.5) is 0 Å². The third-order valence-corrected chi connectivity index (χ3v) is 3.22. The SMILES string of the molecule is COc1ccc(C)cc1-c1nc2ccc(C(=O)O)cc2o1. The van der Waals surface area contributed by atoms with Crippen LogP contribution in [-0.2, 0) is 0 Å². The van der Waals surface area contributed by atoms with Crippen molar-refractivity contribution >= 4 is 17.1 Å². The maximum atomic E-state index is 11.0. The van der Waals surface area contributed by atoms with Gasteiger partial charge in [0.05, 0.1) is 18.2 Å². The van der Waals surface area contributed by atoms with Crippen molar-refractivity contribution in [3.63, 3.8) is 0 Å². The van der Waals surface area contributed by atoms with E-state index in [4.69, 9.17) is 14.3 Å². The quantitative estimate of drug-likeness (QED) is 0.796. The predicted octanol–water partition coefficient (Wildman–Crippen LogP) is 3.51. The highest BCUT2D eigenvalue weighted by Gasteiger charge is 2.14. The molecule has 0 bridgehead atoms. The molecule has 5 heteroatoms. The van der Waals surface area contributed by atoms with Gasteiger partial charge in [0.1, 0.15) is 11.3 Å². The van der Waals surface area contributed by atoms with Crippen LogP contribution in [0.15, 0.2) is 40.8 Å². The van der Waals surface area contributed by atoms with Crippen molar-refractivity contribution in [2.45, 2.75) is 6.92 Å². The van der Waals surface area contributed by atoms with E-state index in [0.29, 0.717) is 22.7 Å². The first-order valence-electron chi connectivity index (χ1n) is 6.37. The lowest BCUT2D eigenvalue weighted by Crippen LogP contribution is -1.94. The number of fused-ring (bicyclic) bond motifs is 1. The van der Waals surface area contributed by atoms with E-state index in [9.17, 15) is 4.79 Å². The van der Waals surface area contributed by atoms with Gasteiger partial charge in [-0.25, -0.2) is 9.78 Å². The van der Waals surface area contributed by atoms with E-state index in [1.54, 1.807) is 13.2 Å². The summed E-state index contributed by atoms with van der Waals surface area (Å²) in [6, 6.07) is 10.3. The Morgan fingerprint density at radius 3 is 2.76 bits per heavy atom. The van der Waals surface area contributed by atoms with E-state index in [-0.39, 0.29) is 5.56 Å². The number of nitrogens with zero attached hydrogens (tertiary/aromatic N) is 1. The molecule has 21 heavy (non-hydrogen) atoms. The monoisotopic (exact) mass is 283 g/mol. The van der Waals surface area contributed by atoms with Crippen LogP contribution < -0.4 is 4.74 Å². The van der Waals surface area contributed by atoms with Crippen LogP contribution in [0, 0.1) is 6.92 Å². The third kappa shape index (κ3) is 2.33. The number of hydrogen-bond acceptors (Lipinski definition) is 4. The molecule has 1 heterocycles. The number of hydrogen-bond donors (Lipinski definition) is 1. The fourth-order valence-corrected chi connectivity index (χ4v) is 2.16. The van der Waals surface area contributed by atoms with E-state index >= 15 is 0 Å². The van der Waals surface area contributed by atoms with E-state index in [1.807, 2.05) is 25.1 Å². The average molecular weight is 283 g/mol. The summed E-state index contributed by atoms with van der Waals surface area (Å²) in [5.74, 6) is 0.0710. The summed E-state index contributed by atoms with van der Waals surface area (Å²) < 4.78 is 11.0. The van der Waals surface area contributed by atoms with Crippen LogP contribution in [0.2, 0.25) is 0 Å². The minimum Gasteiger partial charge on any atom is -0.496 e. The number of oxazole rings is 1. The van der Waals surface area contributed by atoms with E-state index < -0.39 is 5.97 Å². The van der Waals surface area contributed by atoms with Gasteiger partial charge in [-0.05, 0) is 37.3 Å². The first-order chi connectivity index (χ1) is 10.1. The Kier molecular flexibility index (Phi) is 3.10. The molecule has 0 aliphatic rings. The Balaban J connectivity index is 2.17. The molecular formula is C16H13NO4. The number of aryl methyl sites for hydroxylation is 1. The Labute approximate surface area is 120 Å². The van der Waals surface area contributed by atoms with Crippen LogP contribution in [0.1, 0.15) is 15.9 Å². The standard InChI is InChI=1S/C16H13NO4/c1-9-3-6-13(20-2)11(7-9)15-17-12-5-4-10(16(18)19)8-14(12)21-15/h3-8H,1-2H3,(H,18,19). The van der Waals surface area contributed by atoms with Crippen molar-refractivity contribution in [2.75, 3.05) is 7.11 Å². The van der Waals surface area contributed by atoms with Gasteiger partial charge in [0.2, 0.25) is 5.89 Å². The molecule has 0 atom stereocenters. The van der Waals surface area contributed by atoms with Crippen molar-refractivity contribution in [2.24, 2.45) is 0 Å². The molecule has 0 saturated carbocycles. The van der Waals surface area contributed by atoms with Crippen LogP contribution in [0.25, 0.3) is 22.6 Å². The molecule has 0 aliphatic carbocycles. The predicted molar refractivity (Wildman–Crippen MR) is 77.7 cm³/mol. The van der Waals surface area contributed by atoms with Crippen LogP contribution in [0.3, 0.4) is 0 Å². The number of methoxy groups -OCH3 is 1. The number of aromatic nitrogens is 1. The minimum atomic E-state index is -0.997. The van der Waals surface area contributed by atoms with Gasteiger partial charge in [0.15, 0.2) is 5.58 Å². The molecule has 0 unspecified atom stereocenters. The number of carboxylic acids is 1. The molecule has 1 N–H and O–H groups in total. The molecule has 0 aliphatic heterocycles. The molecule has 0 spiro atoms. The molecule has 1 aromatic heterocycles. The summed E-state index contributed by atoms with van der Waals surface area (Å²) in [4.78, 5) is 15.4. The highest BCUT2D eigenvalue weighted by atomic mass is 16.5. The minimum absolute atomic E-state index is 0.168. The van der Waals surface area contributed by atoms with Gasteiger partial charge in [-0.2, -0.15) is 0 Å². The zero-order valence-corrected chi connectivity index (χ0v) is 11.6. The van der Waals surface area contributed by atoms with E-state index in [2.05, 4.69) is 4.98 Å². The van der Waals surface area contributed by atoms with E-state index in [0.717, 1.165) is 11.1 Å². The molecule has 3 rings (SSSR count). The molecule has 0 radical (unpaired) electrons.